The molecule has 1 unspecified atom stereocenters. The van der Waals surface area contributed by atoms with Gasteiger partial charge >= 0.3 is 12.2 Å². The number of nitrogens with zero attached hydrogens (tertiary/aromatic N) is 2. The molecule has 5 nitrogen and oxygen atoms in total. The van der Waals surface area contributed by atoms with Gasteiger partial charge in [-0.15, -0.1) is 0 Å². The van der Waals surface area contributed by atoms with E-state index in [4.69, 9.17) is 4.74 Å². The maximum absolute atomic E-state index is 12.7. The smallest absolute Gasteiger partial charge is 0.416 e. The quantitative estimate of drug-likeness (QED) is 0.915. The van der Waals surface area contributed by atoms with Crippen LogP contribution >= 0.6 is 0 Å². The lowest BCUT2D eigenvalue weighted by Crippen LogP contribution is -2.34. The third-order valence-corrected chi connectivity index (χ3v) is 3.83. The molecule has 0 aliphatic carbocycles. The zero-order valence-electron chi connectivity index (χ0n) is 13.2. The molecule has 1 saturated heterocycles. The summed E-state index contributed by atoms with van der Waals surface area (Å²) in [4.78, 5) is 17.7. The van der Waals surface area contributed by atoms with Gasteiger partial charge in [-0.25, -0.2) is 4.79 Å². The monoisotopic (exact) mass is 351 g/mol. The van der Waals surface area contributed by atoms with Gasteiger partial charge < -0.3 is 15.0 Å². The molecule has 1 aliphatic heterocycles. The molecule has 1 fully saturated rings. The lowest BCUT2D eigenvalue weighted by Gasteiger charge is -2.18. The first-order chi connectivity index (χ1) is 11.9. The fourth-order valence-corrected chi connectivity index (χ4v) is 2.59. The van der Waals surface area contributed by atoms with Crippen LogP contribution in [-0.4, -0.2) is 35.1 Å². The molecule has 1 atom stereocenters. The van der Waals surface area contributed by atoms with E-state index < -0.39 is 17.8 Å². The van der Waals surface area contributed by atoms with Crippen molar-refractivity contribution in [1.29, 1.82) is 0 Å². The number of hydrogen-bond acceptors (Lipinski definition) is 3. The standard InChI is InChI=1S/C17H16F3N3O2/c18-17(19,20)12-2-1-3-13(10-12)22-16(24)23-9-6-15(11-23)25-14-4-7-21-8-5-14/h1-5,7-8,10,15H,6,9,11H2,(H,22,24). The number of anilines is 1. The number of benzene rings is 1. The molecule has 0 spiro atoms. The van der Waals surface area contributed by atoms with Gasteiger partial charge in [0.1, 0.15) is 11.9 Å². The minimum atomic E-state index is -4.45. The minimum absolute atomic E-state index is 0.110. The summed E-state index contributed by atoms with van der Waals surface area (Å²) in [7, 11) is 0. The Balaban J connectivity index is 1.58. The van der Waals surface area contributed by atoms with Gasteiger partial charge in [-0.1, -0.05) is 6.07 Å². The Hall–Kier alpha value is -2.77. The molecule has 2 heterocycles. The van der Waals surface area contributed by atoms with Gasteiger partial charge in [0, 0.05) is 31.0 Å². The van der Waals surface area contributed by atoms with Gasteiger partial charge in [0.25, 0.3) is 0 Å². The molecule has 1 N–H and O–H groups in total. The van der Waals surface area contributed by atoms with Gasteiger partial charge in [-0.2, -0.15) is 13.2 Å². The highest BCUT2D eigenvalue weighted by Crippen LogP contribution is 2.30. The third kappa shape index (κ3) is 4.40. The number of hydrogen-bond donors (Lipinski definition) is 1. The van der Waals surface area contributed by atoms with Crippen molar-refractivity contribution in [3.8, 4) is 5.75 Å². The molecule has 3 rings (SSSR count). The minimum Gasteiger partial charge on any atom is -0.488 e. The first-order valence-electron chi connectivity index (χ1n) is 7.72. The van der Waals surface area contributed by atoms with Crippen molar-refractivity contribution in [2.75, 3.05) is 18.4 Å². The zero-order chi connectivity index (χ0) is 17.9. The van der Waals surface area contributed by atoms with E-state index in [1.807, 2.05) is 0 Å². The summed E-state index contributed by atoms with van der Waals surface area (Å²) in [6.07, 6.45) is -0.726. The molecular weight excluding hydrogens is 335 g/mol. The van der Waals surface area contributed by atoms with E-state index in [0.29, 0.717) is 25.3 Å². The molecule has 0 radical (unpaired) electrons. The van der Waals surface area contributed by atoms with Crippen LogP contribution in [0.15, 0.2) is 48.8 Å². The second-order valence-corrected chi connectivity index (χ2v) is 5.67. The lowest BCUT2D eigenvalue weighted by atomic mass is 10.2. The summed E-state index contributed by atoms with van der Waals surface area (Å²) < 4.78 is 43.9. The number of likely N-dealkylation sites (tertiary alicyclic amines) is 1. The molecule has 25 heavy (non-hydrogen) atoms. The van der Waals surface area contributed by atoms with Crippen LogP contribution in [0, 0.1) is 0 Å². The number of carbonyl (C=O) groups excluding carboxylic acids is 1. The van der Waals surface area contributed by atoms with E-state index in [1.165, 1.54) is 17.0 Å². The summed E-state index contributed by atoms with van der Waals surface area (Å²) in [6, 6.07) is 7.58. The van der Waals surface area contributed by atoms with Crippen molar-refractivity contribution in [2.45, 2.75) is 18.7 Å². The van der Waals surface area contributed by atoms with Crippen molar-refractivity contribution < 1.29 is 22.7 Å². The van der Waals surface area contributed by atoms with Gasteiger partial charge in [0.2, 0.25) is 0 Å². The van der Waals surface area contributed by atoms with Crippen LogP contribution in [-0.2, 0) is 6.18 Å². The summed E-state index contributed by atoms with van der Waals surface area (Å²) in [5.74, 6) is 0.667. The van der Waals surface area contributed by atoms with Crippen LogP contribution < -0.4 is 10.1 Å². The van der Waals surface area contributed by atoms with Crippen LogP contribution in [0.25, 0.3) is 0 Å². The fraction of sp³-hybridized carbons (Fsp3) is 0.294. The Labute approximate surface area is 142 Å². The normalized spacial score (nSPS) is 17.4. The van der Waals surface area contributed by atoms with E-state index in [0.717, 1.165) is 12.1 Å². The zero-order valence-corrected chi connectivity index (χ0v) is 13.2. The summed E-state index contributed by atoms with van der Waals surface area (Å²) in [5, 5.41) is 2.50. The Morgan fingerprint density at radius 2 is 2.00 bits per heavy atom. The molecular formula is C17H16F3N3O2. The number of halogens is 3. The third-order valence-electron chi connectivity index (χ3n) is 3.83. The molecule has 8 heteroatoms. The topological polar surface area (TPSA) is 54.5 Å². The number of pyridine rings is 1. The van der Waals surface area contributed by atoms with Crippen molar-refractivity contribution in [3.63, 3.8) is 0 Å². The van der Waals surface area contributed by atoms with E-state index in [2.05, 4.69) is 10.3 Å². The number of rotatable bonds is 3. The van der Waals surface area contributed by atoms with Crippen molar-refractivity contribution >= 4 is 11.7 Å². The Morgan fingerprint density at radius 1 is 1.24 bits per heavy atom. The molecule has 2 aromatic rings. The predicted octanol–water partition coefficient (Wildman–Crippen LogP) is 3.79. The molecule has 1 aliphatic rings. The maximum atomic E-state index is 12.7. The average molecular weight is 351 g/mol. The maximum Gasteiger partial charge on any atom is 0.416 e. The summed E-state index contributed by atoms with van der Waals surface area (Å²) in [5.41, 5.74) is -0.691. The molecule has 1 aromatic carbocycles. The summed E-state index contributed by atoms with van der Waals surface area (Å²) in [6.45, 7) is 0.841. The van der Waals surface area contributed by atoms with Gasteiger partial charge in [0.15, 0.2) is 0 Å². The number of ether oxygens (including phenoxy) is 1. The number of alkyl halides is 3. The van der Waals surface area contributed by atoms with Crippen LogP contribution in [0.4, 0.5) is 23.7 Å². The Kier molecular flexibility index (Phi) is 4.78. The van der Waals surface area contributed by atoms with Gasteiger partial charge in [-0.3, -0.25) is 4.98 Å². The molecule has 1 aromatic heterocycles. The van der Waals surface area contributed by atoms with E-state index >= 15 is 0 Å². The highest BCUT2D eigenvalue weighted by Gasteiger charge is 2.31. The van der Waals surface area contributed by atoms with E-state index in [9.17, 15) is 18.0 Å². The Morgan fingerprint density at radius 3 is 2.72 bits per heavy atom. The number of aromatic nitrogens is 1. The number of amides is 2. The number of nitrogens with one attached hydrogen (secondary N) is 1. The van der Waals surface area contributed by atoms with Crippen LogP contribution in [0.3, 0.4) is 0 Å². The fourth-order valence-electron chi connectivity index (χ4n) is 2.59. The second kappa shape index (κ2) is 7.00. The highest BCUT2D eigenvalue weighted by atomic mass is 19.4. The van der Waals surface area contributed by atoms with E-state index in [-0.39, 0.29) is 11.8 Å². The first kappa shape index (κ1) is 17.1. The van der Waals surface area contributed by atoms with E-state index in [1.54, 1.807) is 24.5 Å². The van der Waals surface area contributed by atoms with Crippen molar-refractivity contribution in [3.05, 3.63) is 54.4 Å². The first-order valence-corrected chi connectivity index (χ1v) is 7.72. The van der Waals surface area contributed by atoms with Crippen LogP contribution in [0.2, 0.25) is 0 Å². The van der Waals surface area contributed by atoms with Crippen LogP contribution in [0.1, 0.15) is 12.0 Å². The Bertz CT molecular complexity index is 737. The second-order valence-electron chi connectivity index (χ2n) is 5.67. The van der Waals surface area contributed by atoms with Crippen LogP contribution in [0.5, 0.6) is 5.75 Å². The number of urea groups is 1. The largest absolute Gasteiger partial charge is 0.488 e. The molecule has 132 valence electrons. The van der Waals surface area contributed by atoms with Gasteiger partial charge in [-0.05, 0) is 30.3 Å². The molecule has 0 saturated carbocycles. The van der Waals surface area contributed by atoms with Gasteiger partial charge in [0.05, 0.1) is 12.1 Å². The molecule has 0 bridgehead atoms. The average Bonchev–Trinajstić information content (AvgIpc) is 3.04. The van der Waals surface area contributed by atoms with Crippen molar-refractivity contribution in [2.24, 2.45) is 0 Å². The summed E-state index contributed by atoms with van der Waals surface area (Å²) >= 11 is 0. The number of carbonyl (C=O) groups is 1. The lowest BCUT2D eigenvalue weighted by molar-refractivity contribution is -0.137. The highest BCUT2D eigenvalue weighted by molar-refractivity contribution is 5.89. The predicted molar refractivity (Wildman–Crippen MR) is 85.3 cm³/mol. The SMILES string of the molecule is O=C(Nc1cccc(C(F)(F)F)c1)N1CCC(Oc2ccncc2)C1. The molecule has 2 amide bonds. The van der Waals surface area contributed by atoms with Crippen molar-refractivity contribution in [1.82, 2.24) is 9.88 Å².